The molecule has 2 rings (SSSR count). The van der Waals surface area contributed by atoms with Crippen LogP contribution in [0.5, 0.6) is 0 Å². The van der Waals surface area contributed by atoms with Crippen molar-refractivity contribution in [3.63, 3.8) is 0 Å². The van der Waals surface area contributed by atoms with E-state index in [2.05, 4.69) is 48.9 Å². The number of fused-ring (bicyclic) bond motifs is 1. The zero-order chi connectivity index (χ0) is 8.55. The Labute approximate surface area is 73.4 Å². The van der Waals surface area contributed by atoms with Gasteiger partial charge in [0.15, 0.2) is 12.2 Å². The van der Waals surface area contributed by atoms with E-state index in [4.69, 9.17) is 0 Å². The molecule has 1 heterocycles. The van der Waals surface area contributed by atoms with Crippen molar-refractivity contribution in [2.75, 3.05) is 0 Å². The smallest absolute Gasteiger partial charge is 0.197 e. The van der Waals surface area contributed by atoms with E-state index >= 15 is 0 Å². The molecule has 0 saturated heterocycles. The first-order chi connectivity index (χ1) is 5.79. The molecule has 12 heavy (non-hydrogen) atoms. The second-order valence-corrected chi connectivity index (χ2v) is 3.53. The van der Waals surface area contributed by atoms with Crippen LogP contribution < -0.4 is 4.57 Å². The molecular formula is C11H14N+. The van der Waals surface area contributed by atoms with Crippen molar-refractivity contribution in [1.82, 2.24) is 0 Å². The highest BCUT2D eigenvalue weighted by atomic mass is 15.0. The summed E-state index contributed by atoms with van der Waals surface area (Å²) >= 11 is 0. The number of allylic oxidation sites excluding steroid dienone is 1. The molecule has 0 atom stereocenters. The molecule has 0 saturated carbocycles. The maximum Gasteiger partial charge on any atom is 0.208 e. The molecule has 0 aliphatic heterocycles. The van der Waals surface area contributed by atoms with E-state index in [9.17, 15) is 0 Å². The number of hydrogen-bond donors (Lipinski definition) is 0. The molecule has 0 fully saturated rings. The van der Waals surface area contributed by atoms with Gasteiger partial charge in [0.05, 0.1) is 0 Å². The lowest BCUT2D eigenvalue weighted by molar-refractivity contribution is -0.718. The summed E-state index contributed by atoms with van der Waals surface area (Å²) in [5, 5.41) is 0. The fraction of sp³-hybridized carbons (Fsp3) is 0.364. The summed E-state index contributed by atoms with van der Waals surface area (Å²) in [6.45, 7) is 4.43. The lowest BCUT2D eigenvalue weighted by Crippen LogP contribution is -2.39. The molecule has 0 radical (unpaired) electrons. The van der Waals surface area contributed by atoms with Gasteiger partial charge in [-0.1, -0.05) is 6.08 Å². The van der Waals surface area contributed by atoms with Crippen LogP contribution in [0.2, 0.25) is 0 Å². The van der Waals surface area contributed by atoms with Gasteiger partial charge in [-0.25, -0.2) is 0 Å². The van der Waals surface area contributed by atoms with Crippen LogP contribution in [-0.4, -0.2) is 0 Å². The quantitative estimate of drug-likeness (QED) is 0.554. The number of aromatic nitrogens is 1. The number of pyridine rings is 1. The average molecular weight is 160 g/mol. The van der Waals surface area contributed by atoms with E-state index in [1.54, 1.807) is 0 Å². The van der Waals surface area contributed by atoms with E-state index in [-0.39, 0.29) is 0 Å². The van der Waals surface area contributed by atoms with Gasteiger partial charge in [0.25, 0.3) is 0 Å². The summed E-state index contributed by atoms with van der Waals surface area (Å²) < 4.78 is 2.32. The zero-order valence-corrected chi connectivity index (χ0v) is 7.62. The summed E-state index contributed by atoms with van der Waals surface area (Å²) in [5.41, 5.74) is 2.83. The summed E-state index contributed by atoms with van der Waals surface area (Å²) in [6, 6.07) is 4.89. The van der Waals surface area contributed by atoms with E-state index in [1.807, 2.05) is 0 Å². The minimum Gasteiger partial charge on any atom is -0.197 e. The Morgan fingerprint density at radius 3 is 3.00 bits per heavy atom. The van der Waals surface area contributed by atoms with Gasteiger partial charge in [-0.3, -0.25) is 0 Å². The second-order valence-electron chi connectivity index (χ2n) is 3.53. The third-order valence-electron chi connectivity index (χ3n) is 2.32. The van der Waals surface area contributed by atoms with Crippen LogP contribution in [0, 0.1) is 0 Å². The Balaban J connectivity index is 2.56. The van der Waals surface area contributed by atoms with Gasteiger partial charge in [-0.2, -0.15) is 4.57 Å². The lowest BCUT2D eigenvalue weighted by atomic mass is 10.2. The topological polar surface area (TPSA) is 3.88 Å². The Hall–Kier alpha value is -1.11. The Morgan fingerprint density at radius 2 is 2.25 bits per heavy atom. The first kappa shape index (κ1) is 7.53. The Kier molecular flexibility index (Phi) is 1.72. The molecule has 1 aromatic rings. The van der Waals surface area contributed by atoms with Crippen molar-refractivity contribution < 1.29 is 4.57 Å². The normalized spacial score (nSPS) is 13.9. The first-order valence-electron chi connectivity index (χ1n) is 4.48. The second kappa shape index (κ2) is 2.74. The van der Waals surface area contributed by atoms with Crippen molar-refractivity contribution in [3.8, 4) is 0 Å². The molecule has 0 amide bonds. The van der Waals surface area contributed by atoms with E-state index in [1.165, 1.54) is 11.3 Å². The molecule has 0 bridgehead atoms. The van der Waals surface area contributed by atoms with Crippen LogP contribution >= 0.6 is 0 Å². The van der Waals surface area contributed by atoms with Crippen molar-refractivity contribution >= 4 is 6.08 Å². The molecule has 62 valence electrons. The minimum atomic E-state index is 0.558. The first-order valence-corrected chi connectivity index (χ1v) is 4.48. The molecule has 0 spiro atoms. The van der Waals surface area contributed by atoms with Gasteiger partial charge in [0.1, 0.15) is 0 Å². The van der Waals surface area contributed by atoms with Gasteiger partial charge >= 0.3 is 0 Å². The highest BCUT2D eigenvalue weighted by Gasteiger charge is 2.18. The summed E-state index contributed by atoms with van der Waals surface area (Å²) in [5.74, 6) is 0. The fourth-order valence-electron chi connectivity index (χ4n) is 1.70. The maximum absolute atomic E-state index is 2.32. The van der Waals surface area contributed by atoms with Gasteiger partial charge in [0, 0.05) is 17.7 Å². The third kappa shape index (κ3) is 1.06. The molecule has 1 aliphatic rings. The predicted octanol–water partition coefficient (Wildman–Crippen LogP) is 2.12. The maximum atomic E-state index is 2.32. The molecule has 0 aromatic carbocycles. The lowest BCUT2D eigenvalue weighted by Gasteiger charge is -2.04. The van der Waals surface area contributed by atoms with Crippen LogP contribution in [0.1, 0.15) is 31.1 Å². The number of hydrogen-bond acceptors (Lipinski definition) is 0. The van der Waals surface area contributed by atoms with Crippen molar-refractivity contribution in [2.45, 2.75) is 26.3 Å². The fourth-order valence-corrected chi connectivity index (χ4v) is 1.70. The molecule has 0 unspecified atom stereocenters. The Bertz CT molecular complexity index is 324. The van der Waals surface area contributed by atoms with E-state index in [0.29, 0.717) is 6.04 Å². The van der Waals surface area contributed by atoms with Gasteiger partial charge in [-0.05, 0) is 26.3 Å². The van der Waals surface area contributed by atoms with Gasteiger partial charge in [-0.15, -0.1) is 0 Å². The van der Waals surface area contributed by atoms with Gasteiger partial charge in [0.2, 0.25) is 5.69 Å². The molecule has 0 N–H and O–H groups in total. The molecule has 1 nitrogen and oxygen atoms in total. The van der Waals surface area contributed by atoms with Crippen molar-refractivity contribution in [1.29, 1.82) is 0 Å². The van der Waals surface area contributed by atoms with E-state index in [0.717, 1.165) is 6.42 Å². The number of rotatable bonds is 1. The summed E-state index contributed by atoms with van der Waals surface area (Å²) in [7, 11) is 0. The van der Waals surface area contributed by atoms with Crippen LogP contribution in [0.15, 0.2) is 24.4 Å². The number of nitrogens with zero attached hydrogens (tertiary/aromatic N) is 1. The van der Waals surface area contributed by atoms with Crippen molar-refractivity contribution in [3.05, 3.63) is 35.7 Å². The summed E-state index contributed by atoms with van der Waals surface area (Å²) in [4.78, 5) is 0. The molecule has 1 aromatic heterocycles. The third-order valence-corrected chi connectivity index (χ3v) is 2.32. The monoisotopic (exact) mass is 160 g/mol. The molecular weight excluding hydrogens is 146 g/mol. The highest BCUT2D eigenvalue weighted by molar-refractivity contribution is 5.52. The zero-order valence-electron chi connectivity index (χ0n) is 7.62. The summed E-state index contributed by atoms with van der Waals surface area (Å²) in [6.07, 6.45) is 7.70. The minimum absolute atomic E-state index is 0.558. The SMILES string of the molecule is CC(C)[n+]1cccc2c1C=CC2. The van der Waals surface area contributed by atoms with Crippen molar-refractivity contribution in [2.24, 2.45) is 0 Å². The van der Waals surface area contributed by atoms with Crippen LogP contribution in [0.25, 0.3) is 6.08 Å². The van der Waals surface area contributed by atoms with Crippen LogP contribution in [0.4, 0.5) is 0 Å². The van der Waals surface area contributed by atoms with E-state index < -0.39 is 0 Å². The van der Waals surface area contributed by atoms with Crippen LogP contribution in [0.3, 0.4) is 0 Å². The largest absolute Gasteiger partial charge is 0.208 e. The highest BCUT2D eigenvalue weighted by Crippen LogP contribution is 2.15. The molecule has 1 heteroatoms. The predicted molar refractivity (Wildman–Crippen MR) is 49.8 cm³/mol. The van der Waals surface area contributed by atoms with Crippen LogP contribution in [-0.2, 0) is 6.42 Å². The average Bonchev–Trinajstić information content (AvgIpc) is 2.49. The van der Waals surface area contributed by atoms with Gasteiger partial charge < -0.3 is 0 Å². The Morgan fingerprint density at radius 1 is 1.42 bits per heavy atom. The standard InChI is InChI=1S/C11H14N/c1-9(2)12-8-4-6-10-5-3-7-11(10)12/h3-4,6-9H,5H2,1-2H3/q+1. The molecule has 1 aliphatic carbocycles.